The molecule has 31 heavy (non-hydrogen) atoms. The number of hydrogen-bond acceptors (Lipinski definition) is 3. The first-order valence-electron chi connectivity index (χ1n) is 9.84. The Morgan fingerprint density at radius 2 is 1.77 bits per heavy atom. The number of halogens is 1. The number of amides is 1. The van der Waals surface area contributed by atoms with Crippen LogP contribution in [0.15, 0.2) is 72.9 Å². The Labute approximate surface area is 180 Å². The second-order valence-electron chi connectivity index (χ2n) is 7.25. The van der Waals surface area contributed by atoms with Crippen molar-refractivity contribution < 1.29 is 13.9 Å². The summed E-state index contributed by atoms with van der Waals surface area (Å²) >= 11 is 0. The minimum atomic E-state index is -0.336. The van der Waals surface area contributed by atoms with Gasteiger partial charge in [0.25, 0.3) is 5.91 Å². The van der Waals surface area contributed by atoms with Crippen molar-refractivity contribution in [3.8, 4) is 22.7 Å². The molecule has 0 radical (unpaired) electrons. The van der Waals surface area contributed by atoms with Crippen LogP contribution in [-0.4, -0.2) is 22.8 Å². The number of nitrogens with zero attached hydrogens (tertiary/aromatic N) is 2. The van der Waals surface area contributed by atoms with Gasteiger partial charge in [0.1, 0.15) is 17.3 Å². The van der Waals surface area contributed by atoms with E-state index in [4.69, 9.17) is 4.74 Å². The molecule has 0 aliphatic carbocycles. The molecule has 1 heterocycles. The fourth-order valence-corrected chi connectivity index (χ4v) is 3.33. The van der Waals surface area contributed by atoms with E-state index in [1.807, 2.05) is 56.3 Å². The molecule has 1 amide bonds. The van der Waals surface area contributed by atoms with Crippen molar-refractivity contribution in [2.45, 2.75) is 13.8 Å². The van der Waals surface area contributed by atoms with Crippen LogP contribution in [0, 0.1) is 19.7 Å². The van der Waals surface area contributed by atoms with Crippen molar-refractivity contribution in [3.63, 3.8) is 0 Å². The van der Waals surface area contributed by atoms with E-state index in [9.17, 15) is 9.18 Å². The van der Waals surface area contributed by atoms with E-state index in [1.54, 1.807) is 30.1 Å². The Morgan fingerprint density at radius 3 is 2.52 bits per heavy atom. The van der Waals surface area contributed by atoms with Gasteiger partial charge in [-0.2, -0.15) is 5.10 Å². The zero-order chi connectivity index (χ0) is 22.0. The van der Waals surface area contributed by atoms with E-state index < -0.39 is 0 Å². The number of ether oxygens (including phenoxy) is 1. The molecule has 6 heteroatoms. The van der Waals surface area contributed by atoms with Crippen molar-refractivity contribution in [2.75, 3.05) is 12.4 Å². The van der Waals surface area contributed by atoms with Crippen LogP contribution in [0.2, 0.25) is 0 Å². The van der Waals surface area contributed by atoms with Gasteiger partial charge in [0.15, 0.2) is 0 Å². The number of benzene rings is 3. The van der Waals surface area contributed by atoms with Crippen LogP contribution in [0.4, 0.5) is 10.1 Å². The van der Waals surface area contributed by atoms with Crippen LogP contribution in [-0.2, 0) is 0 Å². The van der Waals surface area contributed by atoms with Gasteiger partial charge in [-0.25, -0.2) is 9.07 Å². The lowest BCUT2D eigenvalue weighted by molar-refractivity contribution is 0.102. The van der Waals surface area contributed by atoms with Crippen molar-refractivity contribution in [1.29, 1.82) is 0 Å². The normalized spacial score (nSPS) is 10.7. The van der Waals surface area contributed by atoms with Crippen molar-refractivity contribution in [3.05, 3.63) is 95.4 Å². The first kappa shape index (κ1) is 20.3. The molecule has 0 aliphatic heterocycles. The summed E-state index contributed by atoms with van der Waals surface area (Å²) in [5.74, 6) is 0.0476. The number of anilines is 1. The van der Waals surface area contributed by atoms with Crippen LogP contribution < -0.4 is 10.1 Å². The average molecular weight is 415 g/mol. The lowest BCUT2D eigenvalue weighted by Crippen LogP contribution is -2.13. The fourth-order valence-electron chi connectivity index (χ4n) is 3.33. The summed E-state index contributed by atoms with van der Waals surface area (Å²) in [6.07, 6.45) is 1.66. The van der Waals surface area contributed by atoms with E-state index >= 15 is 0 Å². The molecule has 1 aromatic heterocycles. The molecule has 0 aliphatic rings. The topological polar surface area (TPSA) is 56.2 Å². The summed E-state index contributed by atoms with van der Waals surface area (Å²) in [7, 11) is 1.59. The van der Waals surface area contributed by atoms with Crippen LogP contribution >= 0.6 is 0 Å². The van der Waals surface area contributed by atoms with Gasteiger partial charge < -0.3 is 10.1 Å². The molecule has 0 fully saturated rings. The molecule has 0 saturated heterocycles. The average Bonchev–Trinajstić information content (AvgIpc) is 3.23. The summed E-state index contributed by atoms with van der Waals surface area (Å²) in [5, 5.41) is 7.63. The van der Waals surface area contributed by atoms with Crippen LogP contribution in [0.1, 0.15) is 21.5 Å². The van der Waals surface area contributed by atoms with Gasteiger partial charge in [-0.05, 0) is 67.4 Å². The number of aryl methyl sites for hydroxylation is 1. The molecule has 0 spiro atoms. The van der Waals surface area contributed by atoms with E-state index in [-0.39, 0.29) is 11.7 Å². The van der Waals surface area contributed by atoms with E-state index in [1.165, 1.54) is 12.1 Å². The van der Waals surface area contributed by atoms with Crippen LogP contribution in [0.25, 0.3) is 16.9 Å². The lowest BCUT2D eigenvalue weighted by Gasteiger charge is -2.10. The largest absolute Gasteiger partial charge is 0.497 e. The molecule has 0 bridgehead atoms. The van der Waals surface area contributed by atoms with E-state index in [2.05, 4.69) is 10.4 Å². The van der Waals surface area contributed by atoms with Gasteiger partial charge in [0.05, 0.1) is 18.4 Å². The summed E-state index contributed by atoms with van der Waals surface area (Å²) in [6.45, 7) is 3.97. The zero-order valence-electron chi connectivity index (χ0n) is 17.5. The third-order valence-corrected chi connectivity index (χ3v) is 5.25. The molecule has 0 saturated carbocycles. The van der Waals surface area contributed by atoms with Crippen molar-refractivity contribution in [2.24, 2.45) is 0 Å². The highest BCUT2D eigenvalue weighted by molar-refractivity contribution is 6.08. The Morgan fingerprint density at radius 1 is 1.03 bits per heavy atom. The summed E-state index contributed by atoms with van der Waals surface area (Å²) in [4.78, 5) is 13.3. The third kappa shape index (κ3) is 4.19. The molecule has 4 aromatic rings. The molecule has 0 unspecified atom stereocenters. The molecule has 156 valence electrons. The van der Waals surface area contributed by atoms with Gasteiger partial charge in [-0.3, -0.25) is 4.79 Å². The summed E-state index contributed by atoms with van der Waals surface area (Å²) in [5.41, 5.74) is 5.14. The van der Waals surface area contributed by atoms with Crippen molar-refractivity contribution >= 4 is 11.6 Å². The maximum Gasteiger partial charge on any atom is 0.259 e. The molecular formula is C25H22FN3O2. The first-order valence-corrected chi connectivity index (χ1v) is 9.84. The smallest absolute Gasteiger partial charge is 0.259 e. The Kier molecular flexibility index (Phi) is 5.54. The standard InChI is InChI=1S/C25H22FN3O2/c1-16-6-4-9-23(17(16)2)27-25(30)22-15-29(20-12-10-19(26)11-13-20)28-24(22)18-7-5-8-21(14-18)31-3/h4-15H,1-3H3,(H,27,30). The Hall–Kier alpha value is -3.93. The molecule has 4 rings (SSSR count). The predicted octanol–water partition coefficient (Wildman–Crippen LogP) is 5.56. The molecule has 0 atom stereocenters. The number of nitrogens with one attached hydrogen (secondary N) is 1. The van der Waals surface area contributed by atoms with Gasteiger partial charge >= 0.3 is 0 Å². The fraction of sp³-hybridized carbons (Fsp3) is 0.120. The highest BCUT2D eigenvalue weighted by Gasteiger charge is 2.20. The number of aromatic nitrogens is 2. The number of methoxy groups -OCH3 is 1. The first-order chi connectivity index (χ1) is 15.0. The van der Waals surface area contributed by atoms with Gasteiger partial charge in [-0.1, -0.05) is 24.3 Å². The number of carbonyl (C=O) groups is 1. The molecular weight excluding hydrogens is 393 g/mol. The summed E-state index contributed by atoms with van der Waals surface area (Å²) in [6, 6.07) is 19.1. The van der Waals surface area contributed by atoms with Gasteiger partial charge in [0.2, 0.25) is 0 Å². The number of hydrogen-bond donors (Lipinski definition) is 1. The minimum Gasteiger partial charge on any atom is -0.497 e. The third-order valence-electron chi connectivity index (χ3n) is 5.25. The highest BCUT2D eigenvalue weighted by atomic mass is 19.1. The van der Waals surface area contributed by atoms with Crippen molar-refractivity contribution in [1.82, 2.24) is 9.78 Å². The summed E-state index contributed by atoms with van der Waals surface area (Å²) < 4.78 is 20.3. The quantitative estimate of drug-likeness (QED) is 0.465. The Bertz CT molecular complexity index is 1250. The van der Waals surface area contributed by atoms with E-state index in [0.717, 1.165) is 22.4 Å². The zero-order valence-corrected chi connectivity index (χ0v) is 17.5. The predicted molar refractivity (Wildman–Crippen MR) is 119 cm³/mol. The Balaban J connectivity index is 1.79. The minimum absolute atomic E-state index is 0.278. The second kappa shape index (κ2) is 8.44. The second-order valence-corrected chi connectivity index (χ2v) is 7.25. The lowest BCUT2D eigenvalue weighted by atomic mass is 10.1. The SMILES string of the molecule is COc1cccc(-c2nn(-c3ccc(F)cc3)cc2C(=O)Nc2cccc(C)c2C)c1. The van der Waals surface area contributed by atoms with Gasteiger partial charge in [0, 0.05) is 17.4 Å². The van der Waals surface area contributed by atoms with E-state index in [0.29, 0.717) is 22.7 Å². The molecule has 1 N–H and O–H groups in total. The number of rotatable bonds is 5. The number of carbonyl (C=O) groups excluding carboxylic acids is 1. The monoisotopic (exact) mass is 415 g/mol. The van der Waals surface area contributed by atoms with Crippen LogP contribution in [0.5, 0.6) is 5.75 Å². The van der Waals surface area contributed by atoms with Crippen LogP contribution in [0.3, 0.4) is 0 Å². The highest BCUT2D eigenvalue weighted by Crippen LogP contribution is 2.28. The maximum atomic E-state index is 13.4. The maximum absolute atomic E-state index is 13.4. The molecule has 3 aromatic carbocycles. The van der Waals surface area contributed by atoms with Gasteiger partial charge in [-0.15, -0.1) is 0 Å². The molecule has 5 nitrogen and oxygen atoms in total.